The molecule has 0 rings (SSSR count). The van der Waals surface area contributed by atoms with Crippen molar-refractivity contribution < 1.29 is 9.53 Å². The second kappa shape index (κ2) is 9.61. The highest BCUT2D eigenvalue weighted by Crippen LogP contribution is 1.81. The lowest BCUT2D eigenvalue weighted by Gasteiger charge is -2.09. The Morgan fingerprint density at radius 3 is 2.87 bits per heavy atom. The summed E-state index contributed by atoms with van der Waals surface area (Å²) >= 11 is 0. The van der Waals surface area contributed by atoms with Crippen molar-refractivity contribution in [1.29, 1.82) is 0 Å². The number of carbonyl (C=O) groups excluding carboxylic acids is 1. The highest BCUT2D eigenvalue weighted by Gasteiger charge is 1.99. The van der Waals surface area contributed by atoms with Crippen LogP contribution in [0.2, 0.25) is 0 Å². The smallest absolute Gasteiger partial charge is 0.246 e. The van der Waals surface area contributed by atoms with Gasteiger partial charge in [0, 0.05) is 19.8 Å². The van der Waals surface area contributed by atoms with E-state index >= 15 is 0 Å². The molecule has 0 atom stereocenters. The number of amides is 1. The topological polar surface area (TPSA) is 53.9 Å². The molecule has 0 saturated carbocycles. The molecule has 0 aliphatic rings. The summed E-state index contributed by atoms with van der Waals surface area (Å²) in [7, 11) is 5.69. The Morgan fingerprint density at radius 2 is 2.27 bits per heavy atom. The molecule has 0 heterocycles. The van der Waals surface area contributed by atoms with Crippen LogP contribution in [0.1, 0.15) is 6.42 Å². The summed E-state index contributed by atoms with van der Waals surface area (Å²) in [6.45, 7) is 2.17. The van der Waals surface area contributed by atoms with Crippen LogP contribution in [0, 0.1) is 0 Å². The van der Waals surface area contributed by atoms with Crippen LogP contribution >= 0.6 is 0 Å². The highest BCUT2D eigenvalue weighted by atomic mass is 16.5. The number of hydrogen-bond donors (Lipinski definition) is 1. The molecular weight excluding hydrogens is 194 g/mol. The quantitative estimate of drug-likeness (QED) is 0.449. The van der Waals surface area contributed by atoms with Crippen LogP contribution in [0.15, 0.2) is 4.99 Å². The van der Waals surface area contributed by atoms with Gasteiger partial charge < -0.3 is 15.0 Å². The van der Waals surface area contributed by atoms with Crippen LogP contribution < -0.4 is 5.32 Å². The van der Waals surface area contributed by atoms with Crippen LogP contribution in [-0.4, -0.2) is 64.5 Å². The van der Waals surface area contributed by atoms with E-state index in [1.54, 1.807) is 13.3 Å². The third-order valence-electron chi connectivity index (χ3n) is 1.71. The first kappa shape index (κ1) is 14.1. The average Bonchev–Trinajstić information content (AvgIpc) is 2.19. The summed E-state index contributed by atoms with van der Waals surface area (Å²) in [5, 5.41) is 2.78. The fourth-order valence-corrected chi connectivity index (χ4v) is 0.953. The maximum absolute atomic E-state index is 11.2. The minimum Gasteiger partial charge on any atom is -0.366 e. The Hall–Kier alpha value is -0.940. The molecule has 5 nitrogen and oxygen atoms in total. The molecule has 1 N–H and O–H groups in total. The zero-order valence-electron chi connectivity index (χ0n) is 9.82. The SMILES string of the molecule is C/N=C\COCC(=O)NCCCN(C)C. The third kappa shape index (κ3) is 11.0. The molecule has 15 heavy (non-hydrogen) atoms. The maximum Gasteiger partial charge on any atom is 0.246 e. The molecular formula is C10H21N3O2. The minimum absolute atomic E-state index is 0.0711. The van der Waals surface area contributed by atoms with Gasteiger partial charge in [0.1, 0.15) is 6.61 Å². The third-order valence-corrected chi connectivity index (χ3v) is 1.71. The monoisotopic (exact) mass is 215 g/mol. The van der Waals surface area contributed by atoms with Gasteiger partial charge in [-0.1, -0.05) is 0 Å². The van der Waals surface area contributed by atoms with Gasteiger partial charge >= 0.3 is 0 Å². The molecule has 0 fully saturated rings. The lowest BCUT2D eigenvalue weighted by molar-refractivity contribution is -0.125. The number of hydrogen-bond acceptors (Lipinski definition) is 4. The Labute approximate surface area is 91.5 Å². The molecule has 0 bridgehead atoms. The van der Waals surface area contributed by atoms with Gasteiger partial charge in [0.2, 0.25) is 5.91 Å². The van der Waals surface area contributed by atoms with Crippen LogP contribution in [0.25, 0.3) is 0 Å². The van der Waals surface area contributed by atoms with Gasteiger partial charge in [0.25, 0.3) is 0 Å². The second-order valence-corrected chi connectivity index (χ2v) is 3.46. The van der Waals surface area contributed by atoms with Crippen molar-refractivity contribution in [3.63, 3.8) is 0 Å². The molecule has 0 unspecified atom stereocenters. The maximum atomic E-state index is 11.2. The molecule has 0 spiro atoms. The second-order valence-electron chi connectivity index (χ2n) is 3.46. The molecule has 0 saturated heterocycles. The number of ether oxygens (including phenoxy) is 1. The highest BCUT2D eigenvalue weighted by molar-refractivity contribution is 5.77. The van der Waals surface area contributed by atoms with Gasteiger partial charge in [0.05, 0.1) is 6.61 Å². The number of nitrogens with one attached hydrogen (secondary N) is 1. The van der Waals surface area contributed by atoms with E-state index in [0.29, 0.717) is 13.2 Å². The van der Waals surface area contributed by atoms with Gasteiger partial charge in [-0.3, -0.25) is 9.79 Å². The van der Waals surface area contributed by atoms with E-state index in [4.69, 9.17) is 4.74 Å². The van der Waals surface area contributed by atoms with Crippen molar-refractivity contribution in [1.82, 2.24) is 10.2 Å². The van der Waals surface area contributed by atoms with Gasteiger partial charge in [-0.25, -0.2) is 0 Å². The zero-order chi connectivity index (χ0) is 11.5. The van der Waals surface area contributed by atoms with Gasteiger partial charge in [-0.2, -0.15) is 0 Å². The Balaban J connectivity index is 3.26. The van der Waals surface area contributed by atoms with Crippen molar-refractivity contribution in [3.05, 3.63) is 0 Å². The van der Waals surface area contributed by atoms with E-state index < -0.39 is 0 Å². The normalized spacial score (nSPS) is 11.2. The van der Waals surface area contributed by atoms with E-state index in [-0.39, 0.29) is 12.5 Å². The fraction of sp³-hybridized carbons (Fsp3) is 0.800. The Bertz CT molecular complexity index is 193. The Morgan fingerprint density at radius 1 is 1.53 bits per heavy atom. The predicted octanol–water partition coefficient (Wildman–Crippen LogP) is -0.228. The largest absolute Gasteiger partial charge is 0.366 e. The van der Waals surface area contributed by atoms with Crippen molar-refractivity contribution >= 4 is 12.1 Å². The minimum atomic E-state index is -0.0711. The van der Waals surface area contributed by atoms with Crippen LogP contribution in [0.4, 0.5) is 0 Å². The molecule has 0 aliphatic heterocycles. The molecule has 0 aromatic rings. The van der Waals surface area contributed by atoms with Crippen LogP contribution in [0.3, 0.4) is 0 Å². The van der Waals surface area contributed by atoms with Crippen molar-refractivity contribution in [2.45, 2.75) is 6.42 Å². The Kier molecular flexibility index (Phi) is 9.01. The van der Waals surface area contributed by atoms with E-state index in [0.717, 1.165) is 13.0 Å². The first-order chi connectivity index (χ1) is 7.16. The average molecular weight is 215 g/mol. The number of carbonyl (C=O) groups is 1. The molecule has 0 radical (unpaired) electrons. The summed E-state index contributed by atoms with van der Waals surface area (Å²) in [6, 6.07) is 0. The van der Waals surface area contributed by atoms with Gasteiger partial charge in [-0.05, 0) is 27.1 Å². The van der Waals surface area contributed by atoms with E-state index in [9.17, 15) is 4.79 Å². The van der Waals surface area contributed by atoms with Crippen LogP contribution in [0.5, 0.6) is 0 Å². The summed E-state index contributed by atoms with van der Waals surface area (Å²) in [4.78, 5) is 17.0. The number of rotatable bonds is 8. The molecule has 1 amide bonds. The van der Waals surface area contributed by atoms with E-state index in [1.165, 1.54) is 0 Å². The number of nitrogens with zero attached hydrogens (tertiary/aromatic N) is 2. The summed E-state index contributed by atoms with van der Waals surface area (Å²) in [6.07, 6.45) is 2.58. The van der Waals surface area contributed by atoms with E-state index in [1.807, 2.05) is 14.1 Å². The molecule has 88 valence electrons. The van der Waals surface area contributed by atoms with Crippen molar-refractivity contribution in [3.8, 4) is 0 Å². The van der Waals surface area contributed by atoms with E-state index in [2.05, 4.69) is 15.2 Å². The lowest BCUT2D eigenvalue weighted by atomic mass is 10.4. The zero-order valence-corrected chi connectivity index (χ0v) is 9.82. The lowest BCUT2D eigenvalue weighted by Crippen LogP contribution is -2.30. The summed E-state index contributed by atoms with van der Waals surface area (Å²) in [5.74, 6) is -0.0711. The van der Waals surface area contributed by atoms with Gasteiger partial charge in [-0.15, -0.1) is 0 Å². The molecule has 0 aromatic carbocycles. The summed E-state index contributed by atoms with van der Waals surface area (Å²) in [5.41, 5.74) is 0. The molecule has 0 aromatic heterocycles. The number of aliphatic imine (C=N–C) groups is 1. The first-order valence-corrected chi connectivity index (χ1v) is 5.06. The first-order valence-electron chi connectivity index (χ1n) is 5.06. The molecule has 0 aliphatic carbocycles. The van der Waals surface area contributed by atoms with Crippen molar-refractivity contribution in [2.75, 3.05) is 47.4 Å². The standard InChI is InChI=1S/C10H21N3O2/c1-11-6-8-15-9-10(14)12-5-4-7-13(2)3/h6H,4-5,7-9H2,1-3H3,(H,12,14)/b11-6-. The molecule has 5 heteroatoms. The fourth-order valence-electron chi connectivity index (χ4n) is 0.953. The van der Waals surface area contributed by atoms with Crippen molar-refractivity contribution in [2.24, 2.45) is 4.99 Å². The predicted molar refractivity (Wildman–Crippen MR) is 61.4 cm³/mol. The van der Waals surface area contributed by atoms with Crippen LogP contribution in [-0.2, 0) is 9.53 Å². The summed E-state index contributed by atoms with van der Waals surface area (Å²) < 4.78 is 5.04. The van der Waals surface area contributed by atoms with Gasteiger partial charge in [0.15, 0.2) is 0 Å².